The number of imidazole rings is 2. The van der Waals surface area contributed by atoms with Crippen molar-refractivity contribution < 1.29 is 5.11 Å². The number of aliphatic hydroxyl groups is 1. The fraction of sp³-hybridized carbons (Fsp3) is 0.0909. The van der Waals surface area contributed by atoms with E-state index in [1.165, 1.54) is 0 Å². The van der Waals surface area contributed by atoms with Crippen LogP contribution >= 0.6 is 0 Å². The highest BCUT2D eigenvalue weighted by molar-refractivity contribution is 5.75. The number of aliphatic hydroxyl groups excluding tert-OH is 1. The summed E-state index contributed by atoms with van der Waals surface area (Å²) in [5.74, 6) is 0.702. The molecule has 2 N–H and O–H groups in total. The van der Waals surface area contributed by atoms with Crippen molar-refractivity contribution in [2.45, 2.75) is 6.61 Å². The number of aromatic amines is 1. The Kier molecular flexibility index (Phi) is 1.97. The van der Waals surface area contributed by atoms with Gasteiger partial charge in [-0.1, -0.05) is 12.1 Å². The Labute approximate surface area is 91.4 Å². The molecule has 80 valence electrons. The van der Waals surface area contributed by atoms with E-state index in [-0.39, 0.29) is 6.61 Å². The molecule has 0 fully saturated rings. The van der Waals surface area contributed by atoms with Crippen molar-refractivity contribution in [3.63, 3.8) is 0 Å². The van der Waals surface area contributed by atoms with E-state index < -0.39 is 0 Å². The first-order valence-corrected chi connectivity index (χ1v) is 4.95. The first kappa shape index (κ1) is 9.11. The summed E-state index contributed by atoms with van der Waals surface area (Å²) < 4.78 is 1.76. The number of fused-ring (bicyclic) bond motifs is 1. The monoisotopic (exact) mass is 214 g/mol. The Morgan fingerprint density at radius 1 is 1.31 bits per heavy atom. The molecule has 5 nitrogen and oxygen atoms in total. The minimum Gasteiger partial charge on any atom is -0.390 e. The number of para-hydroxylation sites is 2. The molecule has 0 bridgehead atoms. The van der Waals surface area contributed by atoms with Crippen molar-refractivity contribution in [3.05, 3.63) is 42.5 Å². The molecule has 0 radical (unpaired) electrons. The maximum Gasteiger partial charge on any atom is 0.213 e. The maximum absolute atomic E-state index is 8.93. The molecule has 1 aromatic carbocycles. The molecule has 0 atom stereocenters. The van der Waals surface area contributed by atoms with Gasteiger partial charge in [-0.25, -0.2) is 9.97 Å². The van der Waals surface area contributed by atoms with Gasteiger partial charge in [-0.3, -0.25) is 4.57 Å². The molecule has 0 aliphatic rings. The summed E-state index contributed by atoms with van der Waals surface area (Å²) >= 11 is 0. The quantitative estimate of drug-likeness (QED) is 0.674. The fourth-order valence-electron chi connectivity index (χ4n) is 1.62. The third-order valence-electron chi connectivity index (χ3n) is 2.42. The Morgan fingerprint density at radius 2 is 2.19 bits per heavy atom. The van der Waals surface area contributed by atoms with Crippen molar-refractivity contribution in [1.29, 1.82) is 0 Å². The van der Waals surface area contributed by atoms with Gasteiger partial charge in [-0.2, -0.15) is 0 Å². The molecule has 5 heteroatoms. The van der Waals surface area contributed by atoms with Gasteiger partial charge >= 0.3 is 0 Å². The largest absolute Gasteiger partial charge is 0.390 e. The highest BCUT2D eigenvalue weighted by atomic mass is 16.3. The molecule has 0 saturated carbocycles. The minimum absolute atomic E-state index is 0.0623. The summed E-state index contributed by atoms with van der Waals surface area (Å²) in [5.41, 5.74) is 2.52. The smallest absolute Gasteiger partial charge is 0.213 e. The van der Waals surface area contributed by atoms with E-state index in [1.54, 1.807) is 17.1 Å². The van der Waals surface area contributed by atoms with Gasteiger partial charge in [0.15, 0.2) is 0 Å². The topological polar surface area (TPSA) is 66.7 Å². The van der Waals surface area contributed by atoms with Gasteiger partial charge in [0.1, 0.15) is 6.33 Å². The molecule has 3 rings (SSSR count). The van der Waals surface area contributed by atoms with Gasteiger partial charge in [0.2, 0.25) is 5.95 Å². The lowest BCUT2D eigenvalue weighted by Gasteiger charge is -1.92. The van der Waals surface area contributed by atoms with Crippen LogP contribution in [-0.2, 0) is 6.61 Å². The molecule has 2 aromatic heterocycles. The number of benzene rings is 1. The Morgan fingerprint density at radius 3 is 2.94 bits per heavy atom. The summed E-state index contributed by atoms with van der Waals surface area (Å²) in [6.45, 7) is -0.0623. The zero-order valence-electron chi connectivity index (χ0n) is 8.46. The number of nitrogens with zero attached hydrogens (tertiary/aromatic N) is 3. The summed E-state index contributed by atoms with van der Waals surface area (Å²) in [4.78, 5) is 11.6. The zero-order valence-corrected chi connectivity index (χ0v) is 8.46. The van der Waals surface area contributed by atoms with Gasteiger partial charge < -0.3 is 10.1 Å². The first-order valence-electron chi connectivity index (χ1n) is 4.95. The van der Waals surface area contributed by atoms with Crippen molar-refractivity contribution in [3.8, 4) is 5.95 Å². The zero-order chi connectivity index (χ0) is 11.0. The van der Waals surface area contributed by atoms with E-state index in [9.17, 15) is 0 Å². The van der Waals surface area contributed by atoms with Crippen molar-refractivity contribution >= 4 is 11.0 Å². The first-order chi connectivity index (χ1) is 7.86. The standard InChI is InChI=1S/C11H10N4O/c16-6-8-5-15(7-12-8)11-13-9-3-1-2-4-10(9)14-11/h1-5,7,16H,6H2,(H,13,14). The van der Waals surface area contributed by atoms with Gasteiger partial charge in [0, 0.05) is 6.20 Å². The van der Waals surface area contributed by atoms with Gasteiger partial charge in [0.05, 0.1) is 23.3 Å². The van der Waals surface area contributed by atoms with Crippen LogP contribution in [0.25, 0.3) is 17.0 Å². The second-order valence-electron chi connectivity index (χ2n) is 3.51. The lowest BCUT2D eigenvalue weighted by Crippen LogP contribution is -1.92. The normalized spacial score (nSPS) is 11.1. The molecule has 0 amide bonds. The third kappa shape index (κ3) is 1.38. The molecule has 0 unspecified atom stereocenters. The van der Waals surface area contributed by atoms with Gasteiger partial charge in [-0.05, 0) is 12.1 Å². The summed E-state index contributed by atoms with van der Waals surface area (Å²) in [5, 5.41) is 8.93. The molecule has 0 aliphatic carbocycles. The van der Waals surface area contributed by atoms with Gasteiger partial charge in [-0.15, -0.1) is 0 Å². The summed E-state index contributed by atoms with van der Waals surface area (Å²) in [7, 11) is 0. The Hall–Kier alpha value is -2.14. The van der Waals surface area contributed by atoms with Crippen LogP contribution in [0.1, 0.15) is 5.69 Å². The van der Waals surface area contributed by atoms with Crippen LogP contribution in [0.2, 0.25) is 0 Å². The average molecular weight is 214 g/mol. The average Bonchev–Trinajstić information content (AvgIpc) is 2.95. The van der Waals surface area contributed by atoms with E-state index in [0.29, 0.717) is 11.6 Å². The van der Waals surface area contributed by atoms with Crippen molar-refractivity contribution in [2.75, 3.05) is 0 Å². The van der Waals surface area contributed by atoms with Crippen LogP contribution in [0.3, 0.4) is 0 Å². The van der Waals surface area contributed by atoms with E-state index in [2.05, 4.69) is 15.0 Å². The molecule has 16 heavy (non-hydrogen) atoms. The third-order valence-corrected chi connectivity index (χ3v) is 2.42. The number of H-pyrrole nitrogens is 1. The molecule has 3 aromatic rings. The second-order valence-corrected chi connectivity index (χ2v) is 3.51. The predicted octanol–water partition coefficient (Wildman–Crippen LogP) is 1.24. The predicted molar refractivity (Wildman–Crippen MR) is 59.1 cm³/mol. The van der Waals surface area contributed by atoms with E-state index in [0.717, 1.165) is 11.0 Å². The van der Waals surface area contributed by atoms with Crippen molar-refractivity contribution in [1.82, 2.24) is 19.5 Å². The second kappa shape index (κ2) is 3.46. The molecular formula is C11H10N4O. The highest BCUT2D eigenvalue weighted by Gasteiger charge is 2.04. The number of hydrogen-bond donors (Lipinski definition) is 2. The lowest BCUT2D eigenvalue weighted by molar-refractivity contribution is 0.277. The maximum atomic E-state index is 8.93. The van der Waals surface area contributed by atoms with Crippen LogP contribution in [0.4, 0.5) is 0 Å². The number of aromatic nitrogens is 4. The van der Waals surface area contributed by atoms with Crippen LogP contribution in [-0.4, -0.2) is 24.6 Å². The van der Waals surface area contributed by atoms with E-state index >= 15 is 0 Å². The number of hydrogen-bond acceptors (Lipinski definition) is 3. The minimum atomic E-state index is -0.0623. The molecular weight excluding hydrogens is 204 g/mol. The van der Waals surface area contributed by atoms with E-state index in [1.807, 2.05) is 24.3 Å². The SMILES string of the molecule is OCc1cn(-c2nc3ccccc3[nH]2)cn1. The van der Waals surface area contributed by atoms with Gasteiger partial charge in [0.25, 0.3) is 0 Å². The molecule has 2 heterocycles. The van der Waals surface area contributed by atoms with Crippen LogP contribution in [0.15, 0.2) is 36.8 Å². The van der Waals surface area contributed by atoms with Crippen LogP contribution in [0, 0.1) is 0 Å². The van der Waals surface area contributed by atoms with Crippen molar-refractivity contribution in [2.24, 2.45) is 0 Å². The summed E-state index contributed by atoms with van der Waals surface area (Å²) in [6, 6.07) is 7.81. The fourth-order valence-corrected chi connectivity index (χ4v) is 1.62. The van der Waals surface area contributed by atoms with Crippen LogP contribution in [0.5, 0.6) is 0 Å². The lowest BCUT2D eigenvalue weighted by atomic mass is 10.3. The van der Waals surface area contributed by atoms with E-state index in [4.69, 9.17) is 5.11 Å². The van der Waals surface area contributed by atoms with Crippen LogP contribution < -0.4 is 0 Å². The Balaban J connectivity index is 2.11. The Bertz CT molecular complexity index is 592. The molecule has 0 saturated heterocycles. The number of rotatable bonds is 2. The summed E-state index contributed by atoms with van der Waals surface area (Å²) in [6.07, 6.45) is 3.38. The molecule has 0 spiro atoms. The molecule has 0 aliphatic heterocycles. The number of nitrogens with one attached hydrogen (secondary N) is 1. The highest BCUT2D eigenvalue weighted by Crippen LogP contribution is 2.13.